The molecule has 146 valence electrons. The normalized spacial score (nSPS) is 32.2. The summed E-state index contributed by atoms with van der Waals surface area (Å²) in [5.41, 5.74) is -0.840. The molecule has 7 nitrogen and oxygen atoms in total. The van der Waals surface area contributed by atoms with E-state index in [0.717, 1.165) is 24.2 Å². The molecule has 26 heavy (non-hydrogen) atoms. The van der Waals surface area contributed by atoms with Gasteiger partial charge in [-0.2, -0.15) is 0 Å². The summed E-state index contributed by atoms with van der Waals surface area (Å²) < 4.78 is 0. The Morgan fingerprint density at radius 3 is 2.46 bits per heavy atom. The monoisotopic (exact) mass is 364 g/mol. The van der Waals surface area contributed by atoms with E-state index in [1.54, 1.807) is 4.90 Å². The SMILES string of the molecule is CNC1CCN(C(=O)CN2C(=O)NC3(CC(C)CC(C)(C)C3)C2=O)CC1. The molecule has 7 heteroatoms. The second-order valence-corrected chi connectivity index (χ2v) is 9.20. The molecule has 2 saturated heterocycles. The summed E-state index contributed by atoms with van der Waals surface area (Å²) in [6, 6.07) is 0.0170. The van der Waals surface area contributed by atoms with Crippen molar-refractivity contribution < 1.29 is 14.4 Å². The van der Waals surface area contributed by atoms with Crippen LogP contribution in [0.4, 0.5) is 4.79 Å². The zero-order chi connectivity index (χ0) is 19.1. The molecule has 3 aliphatic rings. The predicted octanol–water partition coefficient (Wildman–Crippen LogP) is 1.33. The lowest BCUT2D eigenvalue weighted by Crippen LogP contribution is -2.54. The number of nitrogens with one attached hydrogen (secondary N) is 2. The van der Waals surface area contributed by atoms with E-state index in [9.17, 15) is 14.4 Å². The fraction of sp³-hybridized carbons (Fsp3) is 0.842. The maximum atomic E-state index is 13.1. The van der Waals surface area contributed by atoms with Gasteiger partial charge in [0.25, 0.3) is 5.91 Å². The van der Waals surface area contributed by atoms with Crippen LogP contribution in [0.3, 0.4) is 0 Å². The van der Waals surface area contributed by atoms with Gasteiger partial charge < -0.3 is 15.5 Å². The molecule has 2 aliphatic heterocycles. The van der Waals surface area contributed by atoms with Crippen molar-refractivity contribution in [3.63, 3.8) is 0 Å². The molecule has 4 amide bonds. The highest BCUT2D eigenvalue weighted by molar-refractivity contribution is 6.09. The number of nitrogens with zero attached hydrogens (tertiary/aromatic N) is 2. The van der Waals surface area contributed by atoms with E-state index in [1.165, 1.54) is 0 Å². The van der Waals surface area contributed by atoms with Gasteiger partial charge in [0.15, 0.2) is 0 Å². The number of carbonyl (C=O) groups is 3. The van der Waals surface area contributed by atoms with Crippen LogP contribution >= 0.6 is 0 Å². The van der Waals surface area contributed by atoms with E-state index in [1.807, 2.05) is 7.05 Å². The molecule has 1 saturated carbocycles. The third-order valence-electron chi connectivity index (χ3n) is 6.17. The quantitative estimate of drug-likeness (QED) is 0.741. The van der Waals surface area contributed by atoms with Crippen molar-refractivity contribution in [1.29, 1.82) is 0 Å². The molecular weight excluding hydrogens is 332 g/mol. The minimum atomic E-state index is -0.836. The van der Waals surface area contributed by atoms with Crippen LogP contribution in [0.2, 0.25) is 0 Å². The highest BCUT2D eigenvalue weighted by atomic mass is 16.2. The second kappa shape index (κ2) is 6.83. The largest absolute Gasteiger partial charge is 0.341 e. The molecule has 0 aromatic carbocycles. The lowest BCUT2D eigenvalue weighted by molar-refractivity contribution is -0.141. The molecule has 0 aromatic heterocycles. The number of hydrogen-bond acceptors (Lipinski definition) is 4. The summed E-state index contributed by atoms with van der Waals surface area (Å²) >= 11 is 0. The van der Waals surface area contributed by atoms with Crippen molar-refractivity contribution in [3.8, 4) is 0 Å². The van der Waals surface area contributed by atoms with E-state index >= 15 is 0 Å². The first-order valence-electron chi connectivity index (χ1n) is 9.75. The molecule has 2 unspecified atom stereocenters. The number of imide groups is 1. The zero-order valence-electron chi connectivity index (χ0n) is 16.4. The molecule has 0 radical (unpaired) electrons. The maximum Gasteiger partial charge on any atom is 0.325 e. The fourth-order valence-corrected chi connectivity index (χ4v) is 5.30. The summed E-state index contributed by atoms with van der Waals surface area (Å²) in [7, 11) is 1.93. The lowest BCUT2D eigenvalue weighted by Gasteiger charge is -2.43. The van der Waals surface area contributed by atoms with Crippen LogP contribution in [0.1, 0.15) is 52.9 Å². The lowest BCUT2D eigenvalue weighted by atomic mass is 9.64. The van der Waals surface area contributed by atoms with E-state index in [0.29, 0.717) is 37.9 Å². The third kappa shape index (κ3) is 3.59. The highest BCUT2D eigenvalue weighted by Gasteiger charge is 2.56. The fourth-order valence-electron chi connectivity index (χ4n) is 5.30. The Morgan fingerprint density at radius 2 is 1.88 bits per heavy atom. The van der Waals surface area contributed by atoms with Crippen molar-refractivity contribution in [2.75, 3.05) is 26.7 Å². The zero-order valence-corrected chi connectivity index (χ0v) is 16.4. The average Bonchev–Trinajstić information content (AvgIpc) is 2.76. The third-order valence-corrected chi connectivity index (χ3v) is 6.17. The molecule has 2 heterocycles. The van der Waals surface area contributed by atoms with Crippen molar-refractivity contribution in [1.82, 2.24) is 20.4 Å². The van der Waals surface area contributed by atoms with Crippen LogP contribution in [0, 0.1) is 11.3 Å². The van der Waals surface area contributed by atoms with Crippen molar-refractivity contribution >= 4 is 17.8 Å². The summed E-state index contributed by atoms with van der Waals surface area (Å²) in [5.74, 6) is 0.00281. The Balaban J connectivity index is 1.67. The van der Waals surface area contributed by atoms with E-state index in [-0.39, 0.29) is 23.8 Å². The summed E-state index contributed by atoms with van der Waals surface area (Å²) in [4.78, 5) is 41.2. The van der Waals surface area contributed by atoms with Gasteiger partial charge in [-0.15, -0.1) is 0 Å². The Hall–Kier alpha value is -1.63. The number of likely N-dealkylation sites (tertiary alicyclic amines) is 1. The van der Waals surface area contributed by atoms with Crippen LogP contribution in [0.25, 0.3) is 0 Å². The van der Waals surface area contributed by atoms with Crippen LogP contribution in [0.5, 0.6) is 0 Å². The molecule has 2 N–H and O–H groups in total. The van der Waals surface area contributed by atoms with Crippen molar-refractivity contribution in [3.05, 3.63) is 0 Å². The van der Waals surface area contributed by atoms with E-state index in [2.05, 4.69) is 31.4 Å². The molecule has 0 bridgehead atoms. The van der Waals surface area contributed by atoms with Gasteiger partial charge in [0.1, 0.15) is 12.1 Å². The summed E-state index contributed by atoms with van der Waals surface area (Å²) in [5, 5.41) is 6.17. The first kappa shape index (κ1) is 19.1. The molecule has 1 spiro atoms. The number of urea groups is 1. The van der Waals surface area contributed by atoms with Crippen LogP contribution in [-0.4, -0.2) is 65.9 Å². The number of piperidine rings is 1. The molecule has 3 rings (SSSR count). The van der Waals surface area contributed by atoms with Gasteiger partial charge in [-0.3, -0.25) is 14.5 Å². The van der Waals surface area contributed by atoms with Gasteiger partial charge >= 0.3 is 6.03 Å². The minimum Gasteiger partial charge on any atom is -0.341 e. The standard InChI is InChI=1S/C19H32N4O3/c1-13-9-18(2,3)12-19(10-13)16(25)23(17(26)21-19)11-15(24)22-7-5-14(20-4)6-8-22/h13-14,20H,5-12H2,1-4H3,(H,21,26). The number of hydrogen-bond donors (Lipinski definition) is 2. The molecule has 0 aromatic rings. The first-order valence-corrected chi connectivity index (χ1v) is 9.75. The van der Waals surface area contributed by atoms with Crippen molar-refractivity contribution in [2.45, 2.75) is 64.5 Å². The molecule has 1 aliphatic carbocycles. The predicted molar refractivity (Wildman–Crippen MR) is 98.4 cm³/mol. The molecule has 2 atom stereocenters. The van der Waals surface area contributed by atoms with Gasteiger partial charge in [-0.1, -0.05) is 20.8 Å². The number of rotatable bonds is 3. The first-order chi connectivity index (χ1) is 12.2. The Morgan fingerprint density at radius 1 is 1.23 bits per heavy atom. The van der Waals surface area contributed by atoms with E-state index < -0.39 is 11.6 Å². The van der Waals surface area contributed by atoms with Gasteiger partial charge in [-0.25, -0.2) is 4.79 Å². The van der Waals surface area contributed by atoms with Gasteiger partial charge in [0.2, 0.25) is 5.91 Å². The number of amides is 4. The van der Waals surface area contributed by atoms with Gasteiger partial charge in [0.05, 0.1) is 0 Å². The Bertz CT molecular complexity index is 598. The highest BCUT2D eigenvalue weighted by Crippen LogP contribution is 2.46. The maximum absolute atomic E-state index is 13.1. The van der Waals surface area contributed by atoms with E-state index in [4.69, 9.17) is 0 Å². The summed E-state index contributed by atoms with van der Waals surface area (Å²) in [6.07, 6.45) is 4.12. The smallest absolute Gasteiger partial charge is 0.325 e. The van der Waals surface area contributed by atoms with Crippen LogP contribution < -0.4 is 10.6 Å². The second-order valence-electron chi connectivity index (χ2n) is 9.20. The topological polar surface area (TPSA) is 81.8 Å². The van der Waals surface area contributed by atoms with Crippen molar-refractivity contribution in [2.24, 2.45) is 11.3 Å². The average molecular weight is 364 g/mol. The summed E-state index contributed by atoms with van der Waals surface area (Å²) in [6.45, 7) is 7.60. The van der Waals surface area contributed by atoms with Crippen LogP contribution in [0.15, 0.2) is 0 Å². The molecular formula is C19H32N4O3. The minimum absolute atomic E-state index is 0.00431. The Kier molecular flexibility index (Phi) is 5.03. The molecule has 3 fully saturated rings. The van der Waals surface area contributed by atoms with Gasteiger partial charge in [0, 0.05) is 19.1 Å². The number of carbonyl (C=O) groups excluding carboxylic acids is 3. The van der Waals surface area contributed by atoms with Gasteiger partial charge in [-0.05, 0) is 50.5 Å². The van der Waals surface area contributed by atoms with Crippen LogP contribution in [-0.2, 0) is 9.59 Å². The Labute approximate surface area is 155 Å².